The number of aliphatic imine (C=N–C) groups is 1. The van der Waals surface area contributed by atoms with Crippen LogP contribution < -0.4 is 10.6 Å². The van der Waals surface area contributed by atoms with Gasteiger partial charge in [0, 0.05) is 37.9 Å². The molecule has 1 saturated carbocycles. The summed E-state index contributed by atoms with van der Waals surface area (Å²) in [6.07, 6.45) is 6.21. The molecule has 21 heavy (non-hydrogen) atoms. The lowest BCUT2D eigenvalue weighted by Gasteiger charge is -2.10. The van der Waals surface area contributed by atoms with Gasteiger partial charge in [-0.2, -0.15) is 0 Å². The fourth-order valence-electron chi connectivity index (χ4n) is 2.41. The summed E-state index contributed by atoms with van der Waals surface area (Å²) in [7, 11) is 0. The molecule has 1 fully saturated rings. The maximum absolute atomic E-state index is 4.64. The van der Waals surface area contributed by atoms with Gasteiger partial charge in [-0.3, -0.25) is 4.99 Å². The molecule has 0 aromatic carbocycles. The van der Waals surface area contributed by atoms with E-state index >= 15 is 0 Å². The van der Waals surface area contributed by atoms with Gasteiger partial charge >= 0.3 is 0 Å². The molecule has 0 saturated heterocycles. The molecule has 5 heteroatoms. The summed E-state index contributed by atoms with van der Waals surface area (Å²) in [6.45, 7) is 6.00. The highest BCUT2D eigenvalue weighted by molar-refractivity contribution is 5.80. The van der Waals surface area contributed by atoms with Gasteiger partial charge in [-0.15, -0.1) is 0 Å². The second-order valence-corrected chi connectivity index (χ2v) is 5.67. The molecule has 0 spiro atoms. The highest BCUT2D eigenvalue weighted by Crippen LogP contribution is 2.28. The van der Waals surface area contributed by atoms with Crippen LogP contribution in [0.15, 0.2) is 35.6 Å². The summed E-state index contributed by atoms with van der Waals surface area (Å²) in [5.74, 6) is 1.70. The van der Waals surface area contributed by atoms with Crippen LogP contribution in [0.3, 0.4) is 0 Å². The second kappa shape index (κ2) is 6.16. The summed E-state index contributed by atoms with van der Waals surface area (Å²) in [5.41, 5.74) is 2.08. The molecule has 2 atom stereocenters. The Labute approximate surface area is 125 Å². The minimum atomic E-state index is 0.595. The van der Waals surface area contributed by atoms with Crippen LogP contribution in [-0.2, 0) is 6.42 Å². The number of nitrogens with one attached hydrogen (secondary N) is 2. The lowest BCUT2D eigenvalue weighted by atomic mass is 10.3. The van der Waals surface area contributed by atoms with E-state index in [1.165, 1.54) is 6.42 Å². The van der Waals surface area contributed by atoms with Crippen molar-refractivity contribution in [3.63, 3.8) is 0 Å². The Morgan fingerprint density at radius 1 is 1.48 bits per heavy atom. The molecule has 1 aliphatic rings. The van der Waals surface area contributed by atoms with Crippen molar-refractivity contribution in [3.05, 3.63) is 36.3 Å². The van der Waals surface area contributed by atoms with Crippen molar-refractivity contribution in [2.45, 2.75) is 32.7 Å². The van der Waals surface area contributed by atoms with E-state index in [2.05, 4.69) is 40.7 Å². The number of rotatable bonds is 5. The number of hydrogen-bond acceptors (Lipinski definition) is 2. The largest absolute Gasteiger partial charge is 0.357 e. The number of pyridine rings is 1. The molecule has 5 nitrogen and oxygen atoms in total. The summed E-state index contributed by atoms with van der Waals surface area (Å²) < 4.78 is 2.05. The monoisotopic (exact) mass is 285 g/mol. The van der Waals surface area contributed by atoms with Gasteiger partial charge in [0.15, 0.2) is 5.96 Å². The van der Waals surface area contributed by atoms with Crippen LogP contribution in [-0.4, -0.2) is 34.5 Å². The van der Waals surface area contributed by atoms with Crippen molar-refractivity contribution < 1.29 is 0 Å². The molecule has 1 aliphatic carbocycles. The molecule has 2 heterocycles. The van der Waals surface area contributed by atoms with Gasteiger partial charge in [0.05, 0.1) is 5.69 Å². The predicted octanol–water partition coefficient (Wildman–Crippen LogP) is 1.84. The van der Waals surface area contributed by atoms with E-state index in [0.29, 0.717) is 6.04 Å². The summed E-state index contributed by atoms with van der Waals surface area (Å²) >= 11 is 0. The lowest BCUT2D eigenvalue weighted by Crippen LogP contribution is -2.39. The predicted molar refractivity (Wildman–Crippen MR) is 85.6 cm³/mol. The zero-order valence-electron chi connectivity index (χ0n) is 12.7. The lowest BCUT2D eigenvalue weighted by molar-refractivity contribution is 0.764. The number of fused-ring (bicyclic) bond motifs is 1. The van der Waals surface area contributed by atoms with Gasteiger partial charge in [-0.25, -0.2) is 4.98 Å². The minimum absolute atomic E-state index is 0.595. The van der Waals surface area contributed by atoms with Crippen molar-refractivity contribution in [1.82, 2.24) is 20.0 Å². The molecule has 2 unspecified atom stereocenters. The Morgan fingerprint density at radius 2 is 2.33 bits per heavy atom. The first-order chi connectivity index (χ1) is 10.3. The molecule has 112 valence electrons. The van der Waals surface area contributed by atoms with E-state index in [1.807, 2.05) is 28.8 Å². The fourth-order valence-corrected chi connectivity index (χ4v) is 2.41. The fraction of sp³-hybridized carbons (Fsp3) is 0.500. The third kappa shape index (κ3) is 3.54. The van der Waals surface area contributed by atoms with Crippen LogP contribution in [0.5, 0.6) is 0 Å². The number of hydrogen-bond donors (Lipinski definition) is 2. The molecule has 2 N–H and O–H groups in total. The third-order valence-electron chi connectivity index (χ3n) is 3.83. The molecule has 0 bridgehead atoms. The first-order valence-electron chi connectivity index (χ1n) is 7.73. The van der Waals surface area contributed by atoms with E-state index in [0.717, 1.165) is 42.7 Å². The van der Waals surface area contributed by atoms with Crippen molar-refractivity contribution >= 4 is 11.6 Å². The SMILES string of the molecule is CCNC(=NCCc1cn2ccccc2n1)NC1CC1C. The molecule has 0 aliphatic heterocycles. The topological polar surface area (TPSA) is 53.7 Å². The van der Waals surface area contributed by atoms with Crippen molar-refractivity contribution in [3.8, 4) is 0 Å². The second-order valence-electron chi connectivity index (χ2n) is 5.67. The molecular formula is C16H23N5. The van der Waals surface area contributed by atoms with E-state index < -0.39 is 0 Å². The summed E-state index contributed by atoms with van der Waals surface area (Å²) in [5, 5.41) is 6.77. The maximum atomic E-state index is 4.64. The Morgan fingerprint density at radius 3 is 3.05 bits per heavy atom. The van der Waals surface area contributed by atoms with Crippen LogP contribution in [0, 0.1) is 5.92 Å². The highest BCUT2D eigenvalue weighted by atomic mass is 15.2. The number of nitrogens with zero attached hydrogens (tertiary/aromatic N) is 3. The van der Waals surface area contributed by atoms with Crippen molar-refractivity contribution in [1.29, 1.82) is 0 Å². The zero-order valence-corrected chi connectivity index (χ0v) is 12.7. The number of imidazole rings is 1. The Hall–Kier alpha value is -2.04. The normalized spacial score (nSPS) is 21.5. The number of aromatic nitrogens is 2. The molecule has 0 radical (unpaired) electrons. The van der Waals surface area contributed by atoms with E-state index in [1.54, 1.807) is 0 Å². The molecule has 0 amide bonds. The average Bonchev–Trinajstić information content (AvgIpc) is 3.01. The van der Waals surface area contributed by atoms with Crippen LogP contribution >= 0.6 is 0 Å². The van der Waals surface area contributed by atoms with E-state index in [4.69, 9.17) is 0 Å². The Bertz CT molecular complexity index is 597. The Kier molecular flexibility index (Phi) is 4.08. The average molecular weight is 285 g/mol. The van der Waals surface area contributed by atoms with Crippen LogP contribution in [0.25, 0.3) is 5.65 Å². The first kappa shape index (κ1) is 13.9. The van der Waals surface area contributed by atoms with Crippen molar-refractivity contribution in [2.24, 2.45) is 10.9 Å². The quantitative estimate of drug-likeness (QED) is 0.651. The van der Waals surface area contributed by atoms with Crippen LogP contribution in [0.1, 0.15) is 26.0 Å². The van der Waals surface area contributed by atoms with Crippen molar-refractivity contribution in [2.75, 3.05) is 13.1 Å². The van der Waals surface area contributed by atoms with E-state index in [9.17, 15) is 0 Å². The van der Waals surface area contributed by atoms with Crippen LogP contribution in [0.4, 0.5) is 0 Å². The molecule has 2 aromatic heterocycles. The number of guanidine groups is 1. The van der Waals surface area contributed by atoms with Gasteiger partial charge in [-0.05, 0) is 31.4 Å². The van der Waals surface area contributed by atoms with Gasteiger partial charge < -0.3 is 15.0 Å². The van der Waals surface area contributed by atoms with Crippen LogP contribution in [0.2, 0.25) is 0 Å². The Balaban J connectivity index is 1.58. The van der Waals surface area contributed by atoms with Gasteiger partial charge in [0.25, 0.3) is 0 Å². The first-order valence-corrected chi connectivity index (χ1v) is 7.73. The molecule has 3 rings (SSSR count). The third-order valence-corrected chi connectivity index (χ3v) is 3.83. The standard InChI is InChI=1S/C16H23N5/c1-3-17-16(20-14-10-12(14)2)18-8-7-13-11-21-9-5-4-6-15(21)19-13/h4-6,9,11-12,14H,3,7-8,10H2,1-2H3,(H2,17,18,20). The molecular weight excluding hydrogens is 262 g/mol. The smallest absolute Gasteiger partial charge is 0.191 e. The van der Waals surface area contributed by atoms with Gasteiger partial charge in [-0.1, -0.05) is 13.0 Å². The molecule has 2 aromatic rings. The van der Waals surface area contributed by atoms with Gasteiger partial charge in [0.1, 0.15) is 5.65 Å². The van der Waals surface area contributed by atoms with Gasteiger partial charge in [0.2, 0.25) is 0 Å². The zero-order chi connectivity index (χ0) is 14.7. The van der Waals surface area contributed by atoms with E-state index in [-0.39, 0.29) is 0 Å². The summed E-state index contributed by atoms with van der Waals surface area (Å²) in [6, 6.07) is 6.64. The highest BCUT2D eigenvalue weighted by Gasteiger charge is 2.33. The summed E-state index contributed by atoms with van der Waals surface area (Å²) in [4.78, 5) is 9.23. The maximum Gasteiger partial charge on any atom is 0.191 e. The minimum Gasteiger partial charge on any atom is -0.357 e.